The number of sulfone groups is 1. The van der Waals surface area contributed by atoms with Gasteiger partial charge in [-0.3, -0.25) is 9.79 Å². The Balaban J connectivity index is 1.53. The van der Waals surface area contributed by atoms with Crippen molar-refractivity contribution in [2.75, 3.05) is 27.5 Å². The van der Waals surface area contributed by atoms with Gasteiger partial charge in [0.1, 0.15) is 0 Å². The second-order valence-electron chi connectivity index (χ2n) is 8.42. The normalized spacial score (nSPS) is 21.7. The number of amides is 1. The average Bonchev–Trinajstić information content (AvgIpc) is 3.16. The highest BCUT2D eigenvalue weighted by Gasteiger charge is 2.47. The van der Waals surface area contributed by atoms with Crippen LogP contribution in [0, 0.1) is 27.7 Å². The van der Waals surface area contributed by atoms with Crippen LogP contribution in [0.15, 0.2) is 41.4 Å². The van der Waals surface area contributed by atoms with Gasteiger partial charge in [-0.25, -0.2) is 8.42 Å². The average molecular weight is 458 g/mol. The van der Waals surface area contributed by atoms with Crippen molar-refractivity contribution in [1.29, 1.82) is 0 Å². The fraction of sp³-hybridized carbons (Fsp3) is 0.391. The Kier molecular flexibility index (Phi) is 5.87. The fourth-order valence-electron chi connectivity index (χ4n) is 4.00. The Bertz CT molecular complexity index is 1170. The van der Waals surface area contributed by atoms with Gasteiger partial charge in [0.2, 0.25) is 5.91 Å². The lowest BCUT2D eigenvalue weighted by atomic mass is 10.1. The van der Waals surface area contributed by atoms with Crippen LogP contribution in [0.1, 0.15) is 22.3 Å². The summed E-state index contributed by atoms with van der Waals surface area (Å²) in [5.41, 5.74) is 6.15. The highest BCUT2D eigenvalue weighted by molar-refractivity contribution is 8.14. The number of fused-ring (bicyclic) bond motifs is 1. The van der Waals surface area contributed by atoms with E-state index in [4.69, 9.17) is 4.99 Å². The van der Waals surface area contributed by atoms with E-state index in [0.29, 0.717) is 5.17 Å². The molecule has 2 aromatic carbocycles. The monoisotopic (exact) mass is 457 g/mol. The standard InChI is InChI=1S/C23H27N3O3S2/c1-14-5-6-16(3)19(9-14)24-22(27)11-30-23-25-20-12-31(28,29)13-21(20)26(23)18-8-7-15(2)17(4)10-18/h5-10,20-21H,11-13H2,1-4H3,(H,24,27)/t20-,21+/m1/s1. The first-order valence-corrected chi connectivity index (χ1v) is 13.1. The van der Waals surface area contributed by atoms with Gasteiger partial charge >= 0.3 is 0 Å². The highest BCUT2D eigenvalue weighted by Crippen LogP contribution is 2.35. The van der Waals surface area contributed by atoms with E-state index in [1.807, 2.05) is 62.9 Å². The number of carbonyl (C=O) groups is 1. The second-order valence-corrected chi connectivity index (χ2v) is 11.5. The van der Waals surface area contributed by atoms with E-state index in [2.05, 4.69) is 11.4 Å². The Morgan fingerprint density at radius 1 is 1.06 bits per heavy atom. The number of hydrogen-bond donors (Lipinski definition) is 1. The van der Waals surface area contributed by atoms with Crippen LogP contribution in [0.2, 0.25) is 0 Å². The maximum atomic E-state index is 12.6. The topological polar surface area (TPSA) is 78.8 Å². The van der Waals surface area contributed by atoms with Crippen molar-refractivity contribution >= 4 is 44.0 Å². The Hall–Kier alpha value is -2.32. The van der Waals surface area contributed by atoms with Crippen LogP contribution >= 0.6 is 11.8 Å². The Labute approximate surface area is 188 Å². The number of carbonyl (C=O) groups excluding carboxylic acids is 1. The summed E-state index contributed by atoms with van der Waals surface area (Å²) in [5.74, 6) is 0.260. The predicted octanol–water partition coefficient (Wildman–Crippen LogP) is 3.63. The first-order chi connectivity index (χ1) is 14.6. The molecule has 2 aromatic rings. The quantitative estimate of drug-likeness (QED) is 0.758. The van der Waals surface area contributed by atoms with Gasteiger partial charge in [-0.15, -0.1) is 0 Å². The molecule has 4 rings (SSSR count). The Morgan fingerprint density at radius 3 is 2.55 bits per heavy atom. The molecule has 2 aliphatic heterocycles. The van der Waals surface area contributed by atoms with Crippen LogP contribution in [0.5, 0.6) is 0 Å². The molecule has 1 saturated heterocycles. The number of rotatable bonds is 4. The first-order valence-electron chi connectivity index (χ1n) is 10.3. The minimum Gasteiger partial charge on any atom is -0.325 e. The molecule has 2 atom stereocenters. The van der Waals surface area contributed by atoms with Crippen molar-refractivity contribution < 1.29 is 13.2 Å². The van der Waals surface area contributed by atoms with E-state index in [0.717, 1.165) is 28.1 Å². The molecule has 1 N–H and O–H groups in total. The lowest BCUT2D eigenvalue weighted by Gasteiger charge is -2.27. The van der Waals surface area contributed by atoms with Crippen molar-refractivity contribution in [2.45, 2.75) is 39.8 Å². The van der Waals surface area contributed by atoms with Gasteiger partial charge in [0.15, 0.2) is 15.0 Å². The molecule has 0 aliphatic carbocycles. The van der Waals surface area contributed by atoms with Crippen LogP contribution in [0.4, 0.5) is 11.4 Å². The van der Waals surface area contributed by atoms with Crippen molar-refractivity contribution in [3.8, 4) is 0 Å². The number of nitrogens with one attached hydrogen (secondary N) is 1. The summed E-state index contributed by atoms with van der Waals surface area (Å²) >= 11 is 1.36. The van der Waals surface area contributed by atoms with Gasteiger partial charge in [0.05, 0.1) is 29.3 Å². The van der Waals surface area contributed by atoms with Gasteiger partial charge in [-0.05, 0) is 68.1 Å². The maximum Gasteiger partial charge on any atom is 0.234 e. The SMILES string of the molecule is Cc1ccc(C)c(NC(=O)CSC2=N[C@@H]3CS(=O)(=O)C[C@@H]3N2c2ccc(C)c(C)c2)c1. The lowest BCUT2D eigenvalue weighted by Crippen LogP contribution is -2.39. The number of amidine groups is 1. The summed E-state index contributed by atoms with van der Waals surface area (Å²) in [6.07, 6.45) is 0. The molecule has 1 amide bonds. The van der Waals surface area contributed by atoms with Gasteiger partial charge in [-0.2, -0.15) is 0 Å². The van der Waals surface area contributed by atoms with Crippen molar-refractivity contribution in [2.24, 2.45) is 4.99 Å². The zero-order valence-corrected chi connectivity index (χ0v) is 19.8. The summed E-state index contributed by atoms with van der Waals surface area (Å²) in [6, 6.07) is 11.6. The number of aliphatic imine (C=N–C) groups is 1. The molecule has 6 nitrogen and oxygen atoms in total. The van der Waals surface area contributed by atoms with E-state index in [1.54, 1.807) is 0 Å². The molecule has 31 heavy (non-hydrogen) atoms. The van der Waals surface area contributed by atoms with Crippen molar-refractivity contribution in [3.05, 3.63) is 58.7 Å². The van der Waals surface area contributed by atoms with Crippen LogP contribution in [0.25, 0.3) is 0 Å². The first kappa shape index (κ1) is 21.9. The molecule has 0 unspecified atom stereocenters. The molecular weight excluding hydrogens is 430 g/mol. The molecule has 2 aliphatic rings. The minimum absolute atomic E-state index is 0.0672. The zero-order valence-electron chi connectivity index (χ0n) is 18.2. The third-order valence-electron chi connectivity index (χ3n) is 5.88. The summed E-state index contributed by atoms with van der Waals surface area (Å²) in [6.45, 7) is 8.05. The molecule has 164 valence electrons. The third-order valence-corrected chi connectivity index (χ3v) is 8.54. The molecule has 0 radical (unpaired) electrons. The summed E-state index contributed by atoms with van der Waals surface area (Å²) in [5, 5.41) is 3.69. The number of anilines is 2. The lowest BCUT2D eigenvalue weighted by molar-refractivity contribution is -0.113. The fourth-order valence-corrected chi connectivity index (χ4v) is 6.76. The number of aryl methyl sites for hydroxylation is 4. The second kappa shape index (κ2) is 8.31. The van der Waals surface area contributed by atoms with Gasteiger partial charge in [0.25, 0.3) is 0 Å². The van der Waals surface area contributed by atoms with E-state index in [1.165, 1.54) is 17.3 Å². The molecule has 8 heteroatoms. The zero-order chi connectivity index (χ0) is 22.3. The molecule has 2 heterocycles. The molecular formula is C23H27N3O3S2. The number of thioether (sulfide) groups is 1. The summed E-state index contributed by atoms with van der Waals surface area (Å²) in [7, 11) is -3.11. The smallest absolute Gasteiger partial charge is 0.234 e. The highest BCUT2D eigenvalue weighted by atomic mass is 32.2. The van der Waals surface area contributed by atoms with E-state index < -0.39 is 9.84 Å². The molecule has 0 saturated carbocycles. The van der Waals surface area contributed by atoms with E-state index in [9.17, 15) is 13.2 Å². The van der Waals surface area contributed by atoms with E-state index in [-0.39, 0.29) is 35.2 Å². The molecule has 1 fully saturated rings. The molecule has 0 aromatic heterocycles. The van der Waals surface area contributed by atoms with Gasteiger partial charge in [0, 0.05) is 11.4 Å². The largest absolute Gasteiger partial charge is 0.325 e. The maximum absolute atomic E-state index is 12.6. The van der Waals surface area contributed by atoms with Crippen LogP contribution < -0.4 is 10.2 Å². The van der Waals surface area contributed by atoms with Crippen LogP contribution in [-0.4, -0.2) is 48.8 Å². The van der Waals surface area contributed by atoms with Gasteiger partial charge in [-0.1, -0.05) is 30.0 Å². The summed E-state index contributed by atoms with van der Waals surface area (Å²) in [4.78, 5) is 19.3. The van der Waals surface area contributed by atoms with E-state index >= 15 is 0 Å². The van der Waals surface area contributed by atoms with Crippen molar-refractivity contribution in [1.82, 2.24) is 0 Å². The summed E-state index contributed by atoms with van der Waals surface area (Å²) < 4.78 is 24.4. The number of hydrogen-bond acceptors (Lipinski definition) is 6. The van der Waals surface area contributed by atoms with Crippen LogP contribution in [-0.2, 0) is 14.6 Å². The molecule has 0 bridgehead atoms. The predicted molar refractivity (Wildman–Crippen MR) is 129 cm³/mol. The van der Waals surface area contributed by atoms with Crippen molar-refractivity contribution in [3.63, 3.8) is 0 Å². The minimum atomic E-state index is -3.11. The van der Waals surface area contributed by atoms with Crippen LogP contribution in [0.3, 0.4) is 0 Å². The third kappa shape index (κ3) is 4.65. The number of nitrogens with zero attached hydrogens (tertiary/aromatic N) is 2. The number of benzene rings is 2. The molecule has 0 spiro atoms. The Morgan fingerprint density at radius 2 is 1.81 bits per heavy atom. The van der Waals surface area contributed by atoms with Gasteiger partial charge < -0.3 is 10.2 Å².